The van der Waals surface area contributed by atoms with Crippen molar-refractivity contribution in [2.24, 2.45) is 22.7 Å². The summed E-state index contributed by atoms with van der Waals surface area (Å²) in [7, 11) is 0. The van der Waals surface area contributed by atoms with Gasteiger partial charge < -0.3 is 28.1 Å². The van der Waals surface area contributed by atoms with Crippen LogP contribution in [0.1, 0.15) is 65.0 Å². The number of hydrogen-bond donors (Lipinski definition) is 0. The molecule has 9 nitrogen and oxygen atoms in total. The minimum absolute atomic E-state index is 0.134. The summed E-state index contributed by atoms with van der Waals surface area (Å²) < 4.78 is 36.2. The predicted octanol–water partition coefficient (Wildman–Crippen LogP) is 2.86. The summed E-state index contributed by atoms with van der Waals surface area (Å²) in [4.78, 5) is 39.0. The van der Waals surface area contributed by atoms with Crippen LogP contribution in [0.4, 0.5) is 0 Å². The second-order valence-electron chi connectivity index (χ2n) is 12.1. The van der Waals surface area contributed by atoms with E-state index in [0.717, 1.165) is 5.56 Å². The van der Waals surface area contributed by atoms with Crippen LogP contribution in [0.25, 0.3) is 0 Å². The molecular weight excluding hydrogens is 456 g/mol. The Labute approximate surface area is 202 Å². The van der Waals surface area contributed by atoms with Gasteiger partial charge in [-0.1, -0.05) is 6.92 Å². The molecule has 9 heteroatoms. The minimum Gasteiger partial charge on any atom is -0.472 e. The molecule has 35 heavy (non-hydrogen) atoms. The molecular formula is C26H30O9. The normalized spacial score (nSPS) is 51.3. The van der Waals surface area contributed by atoms with E-state index in [-0.39, 0.29) is 43.2 Å². The van der Waals surface area contributed by atoms with Crippen LogP contribution in [0.2, 0.25) is 0 Å². The lowest BCUT2D eigenvalue weighted by atomic mass is 9.45. The smallest absolute Gasteiger partial charge is 0.339 e. The molecule has 1 aliphatic carbocycles. The van der Waals surface area contributed by atoms with Gasteiger partial charge >= 0.3 is 17.9 Å². The second-order valence-corrected chi connectivity index (χ2v) is 12.1. The fraction of sp³-hybridized carbons (Fsp3) is 0.731. The Kier molecular flexibility index (Phi) is 3.93. The Morgan fingerprint density at radius 2 is 1.74 bits per heavy atom. The number of epoxide rings is 1. The first kappa shape index (κ1) is 21.9. The van der Waals surface area contributed by atoms with E-state index >= 15 is 0 Å². The largest absolute Gasteiger partial charge is 0.472 e. The number of fused-ring (bicyclic) bond motifs is 1. The van der Waals surface area contributed by atoms with Crippen molar-refractivity contribution >= 4 is 17.9 Å². The quantitative estimate of drug-likeness (QED) is 0.336. The average molecular weight is 487 g/mol. The summed E-state index contributed by atoms with van der Waals surface area (Å²) in [5.74, 6) is -1.54. The zero-order valence-corrected chi connectivity index (χ0v) is 20.3. The Morgan fingerprint density at radius 3 is 2.49 bits per heavy atom. The van der Waals surface area contributed by atoms with E-state index in [2.05, 4.69) is 6.92 Å². The van der Waals surface area contributed by atoms with Gasteiger partial charge in [0.25, 0.3) is 0 Å². The SMILES string of the molecule is CC1(C)O[C@H]2CC(=O)OC[C@]23[C@H]2CC[C@@]4(C)[C@H](c5ccoc5)OC(=O)[C@H]5O[C@]54[C@]2(C)OC(=O)C[C@@H]13. The van der Waals surface area contributed by atoms with Crippen molar-refractivity contribution in [3.63, 3.8) is 0 Å². The summed E-state index contributed by atoms with van der Waals surface area (Å²) in [5.41, 5.74) is -3.40. The molecule has 0 N–H and O–H groups in total. The fourth-order valence-corrected chi connectivity index (χ4v) is 9.05. The van der Waals surface area contributed by atoms with Crippen molar-refractivity contribution in [3.8, 4) is 0 Å². The van der Waals surface area contributed by atoms with Gasteiger partial charge in [0.15, 0.2) is 11.7 Å². The molecule has 0 bridgehead atoms. The maximum Gasteiger partial charge on any atom is 0.339 e. The van der Waals surface area contributed by atoms with Crippen LogP contribution in [-0.2, 0) is 38.1 Å². The van der Waals surface area contributed by atoms with Crippen LogP contribution < -0.4 is 0 Å². The Bertz CT molecular complexity index is 1140. The zero-order valence-electron chi connectivity index (χ0n) is 20.3. The predicted molar refractivity (Wildman–Crippen MR) is 116 cm³/mol. The van der Waals surface area contributed by atoms with Gasteiger partial charge in [-0.05, 0) is 39.7 Å². The van der Waals surface area contributed by atoms with Gasteiger partial charge in [0.2, 0.25) is 0 Å². The lowest BCUT2D eigenvalue weighted by Crippen LogP contribution is -2.71. The van der Waals surface area contributed by atoms with Crippen molar-refractivity contribution in [1.82, 2.24) is 0 Å². The summed E-state index contributed by atoms with van der Waals surface area (Å²) in [5, 5.41) is 0. The zero-order chi connectivity index (χ0) is 24.6. The molecule has 0 amide bonds. The molecule has 0 aromatic carbocycles. The monoisotopic (exact) mass is 486 g/mol. The van der Waals surface area contributed by atoms with Gasteiger partial charge in [0, 0.05) is 28.2 Å². The first-order valence-corrected chi connectivity index (χ1v) is 12.5. The van der Waals surface area contributed by atoms with Crippen molar-refractivity contribution in [1.29, 1.82) is 0 Å². The summed E-state index contributed by atoms with van der Waals surface area (Å²) >= 11 is 0. The molecule has 6 heterocycles. The standard InChI is InChI=1S/C26H30O9/c1-22(2)15-9-18(28)34-24(4)14(25(15)12-31-17(27)10-16(25)33-22)5-7-23(3)19(13-6-8-30-11-13)32-21(29)20-26(23,24)35-20/h6,8,11,14-16,19-20H,5,7,9-10,12H2,1-4H3/t14-,15-,16-,19-,20+,23-,24+,25+,26+/m0/s1. The van der Waals surface area contributed by atoms with E-state index in [9.17, 15) is 14.4 Å². The second kappa shape index (κ2) is 6.29. The van der Waals surface area contributed by atoms with Gasteiger partial charge in [-0.2, -0.15) is 0 Å². The highest BCUT2D eigenvalue weighted by Crippen LogP contribution is 2.76. The highest BCUT2D eigenvalue weighted by atomic mass is 16.7. The van der Waals surface area contributed by atoms with E-state index < -0.39 is 51.9 Å². The van der Waals surface area contributed by atoms with Crippen LogP contribution in [0.5, 0.6) is 0 Å². The molecule has 2 spiro atoms. The molecule has 1 aromatic heterocycles. The van der Waals surface area contributed by atoms with E-state index in [1.165, 1.54) is 0 Å². The topological polar surface area (TPSA) is 114 Å². The molecule has 7 rings (SSSR count). The molecule has 0 unspecified atom stereocenters. The summed E-state index contributed by atoms with van der Waals surface area (Å²) in [6, 6.07) is 1.80. The Morgan fingerprint density at radius 1 is 0.943 bits per heavy atom. The number of carbonyl (C=O) groups excluding carboxylic acids is 3. The van der Waals surface area contributed by atoms with Crippen molar-refractivity contribution in [3.05, 3.63) is 24.2 Å². The van der Waals surface area contributed by atoms with Gasteiger partial charge in [0.1, 0.15) is 18.3 Å². The third-order valence-corrected chi connectivity index (χ3v) is 10.4. The third kappa shape index (κ3) is 2.31. The highest BCUT2D eigenvalue weighted by molar-refractivity contribution is 5.83. The van der Waals surface area contributed by atoms with Crippen molar-refractivity contribution < 1.29 is 42.5 Å². The molecule has 5 aliphatic heterocycles. The van der Waals surface area contributed by atoms with Crippen LogP contribution in [-0.4, -0.2) is 53.5 Å². The number of rotatable bonds is 1. The maximum absolute atomic E-state index is 13.5. The van der Waals surface area contributed by atoms with E-state index in [0.29, 0.717) is 12.8 Å². The number of esters is 3. The average Bonchev–Trinajstić information content (AvgIpc) is 3.31. The van der Waals surface area contributed by atoms with Crippen molar-refractivity contribution in [2.45, 2.75) is 88.5 Å². The van der Waals surface area contributed by atoms with Crippen LogP contribution in [0.3, 0.4) is 0 Å². The Balaban J connectivity index is 1.42. The Hall–Kier alpha value is -2.39. The first-order chi connectivity index (χ1) is 16.5. The lowest BCUT2D eigenvalue weighted by molar-refractivity contribution is -0.245. The number of ether oxygens (including phenoxy) is 5. The summed E-state index contributed by atoms with van der Waals surface area (Å²) in [6.45, 7) is 8.09. The number of furan rings is 1. The van der Waals surface area contributed by atoms with E-state index in [4.69, 9.17) is 28.1 Å². The minimum atomic E-state index is -1.15. The first-order valence-electron chi connectivity index (χ1n) is 12.5. The molecule has 6 aliphatic rings. The molecule has 5 saturated heterocycles. The van der Waals surface area contributed by atoms with Gasteiger partial charge in [0.05, 0.1) is 37.1 Å². The third-order valence-electron chi connectivity index (χ3n) is 10.4. The van der Waals surface area contributed by atoms with E-state index in [1.807, 2.05) is 20.8 Å². The van der Waals surface area contributed by atoms with Gasteiger partial charge in [-0.15, -0.1) is 0 Å². The molecule has 1 saturated carbocycles. The number of cyclic esters (lactones) is 2. The fourth-order valence-electron chi connectivity index (χ4n) is 9.05. The molecule has 9 atom stereocenters. The lowest BCUT2D eigenvalue weighted by Gasteiger charge is -2.60. The number of hydrogen-bond acceptors (Lipinski definition) is 9. The van der Waals surface area contributed by atoms with Crippen molar-refractivity contribution in [2.75, 3.05) is 6.61 Å². The van der Waals surface area contributed by atoms with Crippen LogP contribution in [0.15, 0.2) is 23.0 Å². The van der Waals surface area contributed by atoms with Crippen LogP contribution in [0, 0.1) is 22.7 Å². The maximum atomic E-state index is 13.5. The van der Waals surface area contributed by atoms with E-state index in [1.54, 1.807) is 18.6 Å². The molecule has 6 fully saturated rings. The summed E-state index contributed by atoms with van der Waals surface area (Å²) in [6.07, 6.45) is 2.94. The number of carbonyl (C=O) groups is 3. The molecule has 1 aromatic rings. The van der Waals surface area contributed by atoms with Gasteiger partial charge in [-0.3, -0.25) is 9.59 Å². The molecule has 188 valence electrons. The van der Waals surface area contributed by atoms with Crippen LogP contribution >= 0.6 is 0 Å². The highest BCUT2D eigenvalue weighted by Gasteiger charge is 2.89. The van der Waals surface area contributed by atoms with Gasteiger partial charge in [-0.25, -0.2) is 4.79 Å². The molecule has 0 radical (unpaired) electrons.